The van der Waals surface area contributed by atoms with E-state index >= 15 is 0 Å². The van der Waals surface area contributed by atoms with Gasteiger partial charge in [0.2, 0.25) is 0 Å². The van der Waals surface area contributed by atoms with Gasteiger partial charge < -0.3 is 10.5 Å². The standard InChI is InChI=1S/C11H10ClN3O/c12-9-4-10(6-14-5-9)16-7-8-1-2-15-11(13)3-8/h1-6H,7H2,(H2,13,15). The lowest BCUT2D eigenvalue weighted by molar-refractivity contribution is 0.305. The molecule has 0 radical (unpaired) electrons. The van der Waals surface area contributed by atoms with Gasteiger partial charge in [0, 0.05) is 18.5 Å². The summed E-state index contributed by atoms with van der Waals surface area (Å²) in [7, 11) is 0. The Labute approximate surface area is 98.0 Å². The van der Waals surface area contributed by atoms with E-state index < -0.39 is 0 Å². The van der Waals surface area contributed by atoms with E-state index in [2.05, 4.69) is 9.97 Å². The van der Waals surface area contributed by atoms with Crippen LogP contribution in [-0.2, 0) is 6.61 Å². The third kappa shape index (κ3) is 2.84. The van der Waals surface area contributed by atoms with E-state index in [0.29, 0.717) is 23.2 Å². The SMILES string of the molecule is Nc1cc(COc2cncc(Cl)c2)ccn1. The van der Waals surface area contributed by atoms with Crippen LogP contribution in [0.15, 0.2) is 36.8 Å². The van der Waals surface area contributed by atoms with Gasteiger partial charge in [0.1, 0.15) is 18.2 Å². The Hall–Kier alpha value is -1.81. The van der Waals surface area contributed by atoms with Crippen LogP contribution in [0.5, 0.6) is 5.75 Å². The van der Waals surface area contributed by atoms with Gasteiger partial charge in [-0.25, -0.2) is 4.98 Å². The summed E-state index contributed by atoms with van der Waals surface area (Å²) >= 11 is 5.78. The van der Waals surface area contributed by atoms with E-state index in [4.69, 9.17) is 22.1 Å². The molecule has 0 atom stereocenters. The maximum Gasteiger partial charge on any atom is 0.139 e. The number of hydrogen-bond donors (Lipinski definition) is 1. The molecule has 0 bridgehead atoms. The van der Waals surface area contributed by atoms with Gasteiger partial charge in [-0.2, -0.15) is 0 Å². The molecular weight excluding hydrogens is 226 g/mol. The average Bonchev–Trinajstić information content (AvgIpc) is 2.27. The van der Waals surface area contributed by atoms with Crippen molar-refractivity contribution in [3.05, 3.63) is 47.4 Å². The molecule has 16 heavy (non-hydrogen) atoms. The second kappa shape index (κ2) is 4.81. The van der Waals surface area contributed by atoms with E-state index in [-0.39, 0.29) is 0 Å². The summed E-state index contributed by atoms with van der Waals surface area (Å²) in [6, 6.07) is 5.31. The summed E-state index contributed by atoms with van der Waals surface area (Å²) in [5.74, 6) is 1.10. The number of aromatic nitrogens is 2. The number of pyridine rings is 2. The predicted molar refractivity (Wildman–Crippen MR) is 62.2 cm³/mol. The molecular formula is C11H10ClN3O. The number of hydrogen-bond acceptors (Lipinski definition) is 4. The lowest BCUT2D eigenvalue weighted by Crippen LogP contribution is -1.98. The number of rotatable bonds is 3. The van der Waals surface area contributed by atoms with Crippen molar-refractivity contribution < 1.29 is 4.74 Å². The van der Waals surface area contributed by atoms with Gasteiger partial charge in [0.15, 0.2) is 0 Å². The highest BCUT2D eigenvalue weighted by molar-refractivity contribution is 6.30. The third-order valence-corrected chi connectivity index (χ3v) is 2.14. The van der Waals surface area contributed by atoms with Crippen molar-refractivity contribution in [1.29, 1.82) is 0 Å². The summed E-state index contributed by atoms with van der Waals surface area (Å²) in [6.45, 7) is 0.411. The first kappa shape index (κ1) is 10.7. The highest BCUT2D eigenvalue weighted by atomic mass is 35.5. The van der Waals surface area contributed by atoms with Crippen molar-refractivity contribution in [2.45, 2.75) is 6.61 Å². The van der Waals surface area contributed by atoms with E-state index in [9.17, 15) is 0 Å². The van der Waals surface area contributed by atoms with Crippen molar-refractivity contribution >= 4 is 17.4 Å². The molecule has 0 saturated carbocycles. The van der Waals surface area contributed by atoms with Crippen LogP contribution in [0.25, 0.3) is 0 Å². The van der Waals surface area contributed by atoms with Crippen LogP contribution in [0, 0.1) is 0 Å². The summed E-state index contributed by atoms with van der Waals surface area (Å²) in [5, 5.41) is 0.548. The Morgan fingerprint density at radius 2 is 2.19 bits per heavy atom. The molecule has 2 heterocycles. The molecule has 0 aliphatic carbocycles. The number of ether oxygens (including phenoxy) is 1. The quantitative estimate of drug-likeness (QED) is 0.887. The largest absolute Gasteiger partial charge is 0.487 e. The lowest BCUT2D eigenvalue weighted by atomic mass is 10.3. The number of anilines is 1. The predicted octanol–water partition coefficient (Wildman–Crippen LogP) is 2.29. The fourth-order valence-corrected chi connectivity index (χ4v) is 1.39. The van der Waals surface area contributed by atoms with Gasteiger partial charge in [-0.3, -0.25) is 4.98 Å². The summed E-state index contributed by atoms with van der Waals surface area (Å²) < 4.78 is 5.50. The minimum Gasteiger partial charge on any atom is -0.487 e. The minimum absolute atomic E-state index is 0.411. The fourth-order valence-electron chi connectivity index (χ4n) is 1.22. The number of nitrogens with zero attached hydrogens (tertiary/aromatic N) is 2. The molecule has 2 rings (SSSR count). The smallest absolute Gasteiger partial charge is 0.139 e. The van der Waals surface area contributed by atoms with Crippen LogP contribution in [0.3, 0.4) is 0 Å². The van der Waals surface area contributed by atoms with Gasteiger partial charge in [0.25, 0.3) is 0 Å². The van der Waals surface area contributed by atoms with Crippen LogP contribution >= 0.6 is 11.6 Å². The van der Waals surface area contributed by atoms with Crippen LogP contribution in [0.2, 0.25) is 5.02 Å². The second-order valence-corrected chi connectivity index (χ2v) is 3.65. The van der Waals surface area contributed by atoms with Crippen LogP contribution in [-0.4, -0.2) is 9.97 Å². The number of nitrogen functional groups attached to an aromatic ring is 1. The fraction of sp³-hybridized carbons (Fsp3) is 0.0909. The molecule has 0 aliphatic rings. The Kier molecular flexibility index (Phi) is 3.22. The Balaban J connectivity index is 2.02. The molecule has 0 saturated heterocycles. The van der Waals surface area contributed by atoms with Crippen molar-refractivity contribution in [2.24, 2.45) is 0 Å². The molecule has 0 aromatic carbocycles. The van der Waals surface area contributed by atoms with Gasteiger partial charge in [0.05, 0.1) is 11.2 Å². The van der Waals surface area contributed by atoms with Crippen molar-refractivity contribution in [3.8, 4) is 5.75 Å². The first-order chi connectivity index (χ1) is 7.74. The third-order valence-electron chi connectivity index (χ3n) is 1.93. The van der Waals surface area contributed by atoms with Crippen LogP contribution < -0.4 is 10.5 Å². The van der Waals surface area contributed by atoms with E-state index in [1.165, 1.54) is 0 Å². The maximum atomic E-state index is 5.78. The monoisotopic (exact) mass is 235 g/mol. The molecule has 4 nitrogen and oxygen atoms in total. The lowest BCUT2D eigenvalue weighted by Gasteiger charge is -2.06. The van der Waals surface area contributed by atoms with Gasteiger partial charge in [-0.05, 0) is 17.7 Å². The zero-order chi connectivity index (χ0) is 11.4. The van der Waals surface area contributed by atoms with Gasteiger partial charge in [-0.1, -0.05) is 11.6 Å². The normalized spacial score (nSPS) is 10.1. The molecule has 2 aromatic rings. The van der Waals surface area contributed by atoms with Gasteiger partial charge in [-0.15, -0.1) is 0 Å². The van der Waals surface area contributed by atoms with E-state index in [1.807, 2.05) is 6.07 Å². The molecule has 2 N–H and O–H groups in total. The van der Waals surface area contributed by atoms with Crippen LogP contribution in [0.1, 0.15) is 5.56 Å². The first-order valence-electron chi connectivity index (χ1n) is 4.68. The minimum atomic E-state index is 0.411. The summed E-state index contributed by atoms with van der Waals surface area (Å²) in [4.78, 5) is 7.82. The van der Waals surface area contributed by atoms with Crippen molar-refractivity contribution in [1.82, 2.24) is 9.97 Å². The average molecular weight is 236 g/mol. The van der Waals surface area contributed by atoms with Gasteiger partial charge >= 0.3 is 0 Å². The molecule has 0 fully saturated rings. The molecule has 0 unspecified atom stereocenters. The zero-order valence-corrected chi connectivity index (χ0v) is 9.19. The summed E-state index contributed by atoms with van der Waals surface area (Å²) in [5.41, 5.74) is 6.50. The van der Waals surface area contributed by atoms with Crippen molar-refractivity contribution in [2.75, 3.05) is 5.73 Å². The molecule has 5 heteroatoms. The topological polar surface area (TPSA) is 61.0 Å². The molecule has 0 aliphatic heterocycles. The molecule has 0 amide bonds. The van der Waals surface area contributed by atoms with E-state index in [1.54, 1.807) is 30.7 Å². The van der Waals surface area contributed by atoms with E-state index in [0.717, 1.165) is 5.56 Å². The highest BCUT2D eigenvalue weighted by Crippen LogP contribution is 2.16. The maximum absolute atomic E-state index is 5.78. The second-order valence-electron chi connectivity index (χ2n) is 3.22. The Bertz CT molecular complexity index is 445. The first-order valence-corrected chi connectivity index (χ1v) is 5.05. The highest BCUT2D eigenvalue weighted by Gasteiger charge is 1.98. The number of halogens is 1. The molecule has 0 spiro atoms. The molecule has 2 aromatic heterocycles. The Morgan fingerprint density at radius 3 is 2.94 bits per heavy atom. The van der Waals surface area contributed by atoms with Crippen molar-refractivity contribution in [3.63, 3.8) is 0 Å². The van der Waals surface area contributed by atoms with Crippen LogP contribution in [0.4, 0.5) is 5.82 Å². The number of nitrogens with two attached hydrogens (primary N) is 1. The zero-order valence-electron chi connectivity index (χ0n) is 8.43. The Morgan fingerprint density at radius 1 is 1.31 bits per heavy atom. The summed E-state index contributed by atoms with van der Waals surface area (Å²) in [6.07, 6.45) is 4.81. The molecule has 82 valence electrons.